The van der Waals surface area contributed by atoms with Crippen molar-refractivity contribution in [1.82, 2.24) is 5.32 Å². The number of hydrogen-bond acceptors (Lipinski definition) is 4. The van der Waals surface area contributed by atoms with E-state index in [4.69, 9.17) is 10.4 Å². The summed E-state index contributed by atoms with van der Waals surface area (Å²) in [4.78, 5) is 22.1. The number of nitriles is 1. The zero-order valence-electron chi connectivity index (χ0n) is 10.5. The normalized spacial score (nSPS) is 11.4. The maximum atomic E-state index is 11.6. The van der Waals surface area contributed by atoms with Crippen LogP contribution in [0.4, 0.5) is 5.69 Å². The summed E-state index contributed by atoms with van der Waals surface area (Å²) in [5.74, 6) is -1.16. The molecule has 1 aromatic carbocycles. The second-order valence-electron chi connectivity index (χ2n) is 4.00. The summed E-state index contributed by atoms with van der Waals surface area (Å²) in [6, 6.07) is 7.82. The van der Waals surface area contributed by atoms with Crippen molar-refractivity contribution in [3.63, 3.8) is 0 Å². The number of carbonyl (C=O) groups is 2. The largest absolute Gasteiger partial charge is 0.480 e. The van der Waals surface area contributed by atoms with Gasteiger partial charge in [-0.25, -0.2) is 0 Å². The highest BCUT2D eigenvalue weighted by molar-refractivity contribution is 5.90. The maximum absolute atomic E-state index is 11.6. The summed E-state index contributed by atoms with van der Waals surface area (Å²) < 4.78 is 0. The van der Waals surface area contributed by atoms with Crippen LogP contribution >= 0.6 is 0 Å². The van der Waals surface area contributed by atoms with Crippen LogP contribution in [0.25, 0.3) is 0 Å². The molecule has 0 radical (unpaired) electrons. The number of amides is 1. The molecule has 6 nitrogen and oxygen atoms in total. The lowest BCUT2D eigenvalue weighted by atomic mass is 10.2. The molecule has 1 unspecified atom stereocenters. The second-order valence-corrected chi connectivity index (χ2v) is 4.00. The zero-order valence-corrected chi connectivity index (χ0v) is 10.5. The SMILES string of the molecule is CC(NCCC(=O)Nc1ccc(C#N)cc1)C(=O)O. The van der Waals surface area contributed by atoms with Crippen LogP contribution in [0.5, 0.6) is 0 Å². The third kappa shape index (κ3) is 5.19. The van der Waals surface area contributed by atoms with E-state index in [1.54, 1.807) is 24.3 Å². The fraction of sp³-hybridized carbons (Fsp3) is 0.308. The van der Waals surface area contributed by atoms with Gasteiger partial charge in [0.15, 0.2) is 0 Å². The quantitative estimate of drug-likeness (QED) is 0.707. The van der Waals surface area contributed by atoms with Crippen molar-refractivity contribution in [3.8, 4) is 6.07 Å². The molecule has 1 rings (SSSR count). The summed E-state index contributed by atoms with van der Waals surface area (Å²) in [5, 5.41) is 22.6. The van der Waals surface area contributed by atoms with E-state index in [2.05, 4.69) is 10.6 Å². The fourth-order valence-corrected chi connectivity index (χ4v) is 1.34. The topological polar surface area (TPSA) is 102 Å². The predicted molar refractivity (Wildman–Crippen MR) is 69.5 cm³/mol. The Labute approximate surface area is 111 Å². The van der Waals surface area contributed by atoms with E-state index in [0.717, 1.165) is 0 Å². The van der Waals surface area contributed by atoms with Crippen molar-refractivity contribution < 1.29 is 14.7 Å². The lowest BCUT2D eigenvalue weighted by molar-refractivity contribution is -0.139. The number of carbonyl (C=O) groups excluding carboxylic acids is 1. The van der Waals surface area contributed by atoms with Gasteiger partial charge in [0.05, 0.1) is 11.6 Å². The van der Waals surface area contributed by atoms with E-state index in [0.29, 0.717) is 11.3 Å². The van der Waals surface area contributed by atoms with Crippen molar-refractivity contribution in [2.45, 2.75) is 19.4 Å². The number of hydrogen-bond donors (Lipinski definition) is 3. The van der Waals surface area contributed by atoms with Crippen LogP contribution < -0.4 is 10.6 Å². The molecule has 3 N–H and O–H groups in total. The highest BCUT2D eigenvalue weighted by Crippen LogP contribution is 2.08. The van der Waals surface area contributed by atoms with Crippen LogP contribution in [0.2, 0.25) is 0 Å². The van der Waals surface area contributed by atoms with Gasteiger partial charge in [-0.3, -0.25) is 9.59 Å². The summed E-state index contributed by atoms with van der Waals surface area (Å²) in [6.07, 6.45) is 0.178. The van der Waals surface area contributed by atoms with Crippen LogP contribution in [0, 0.1) is 11.3 Å². The van der Waals surface area contributed by atoms with Gasteiger partial charge in [-0.05, 0) is 31.2 Å². The highest BCUT2D eigenvalue weighted by atomic mass is 16.4. The molecule has 0 saturated carbocycles. The predicted octanol–water partition coefficient (Wildman–Crippen LogP) is 0.950. The third-order valence-corrected chi connectivity index (χ3v) is 2.47. The standard InChI is InChI=1S/C13H15N3O3/c1-9(13(18)19)15-7-6-12(17)16-11-4-2-10(8-14)3-5-11/h2-5,9,15H,6-7H2,1H3,(H,16,17)(H,18,19). The number of anilines is 1. The van der Waals surface area contributed by atoms with E-state index < -0.39 is 12.0 Å². The molecule has 0 heterocycles. The van der Waals surface area contributed by atoms with E-state index in [1.807, 2.05) is 6.07 Å². The lowest BCUT2D eigenvalue weighted by Crippen LogP contribution is -2.35. The molecule has 0 aliphatic heterocycles. The molecule has 0 bridgehead atoms. The number of rotatable bonds is 6. The molecule has 0 saturated heterocycles. The third-order valence-electron chi connectivity index (χ3n) is 2.47. The van der Waals surface area contributed by atoms with Gasteiger partial charge in [-0.15, -0.1) is 0 Å². The van der Waals surface area contributed by atoms with Crippen LogP contribution in [0.3, 0.4) is 0 Å². The van der Waals surface area contributed by atoms with Crippen molar-refractivity contribution in [1.29, 1.82) is 5.26 Å². The molecule has 0 aliphatic rings. The molecule has 6 heteroatoms. The summed E-state index contributed by atoms with van der Waals surface area (Å²) in [7, 11) is 0. The smallest absolute Gasteiger partial charge is 0.320 e. The van der Waals surface area contributed by atoms with Crippen LogP contribution in [-0.2, 0) is 9.59 Å². The van der Waals surface area contributed by atoms with Crippen LogP contribution in [0.1, 0.15) is 18.9 Å². The summed E-state index contributed by atoms with van der Waals surface area (Å²) >= 11 is 0. The molecule has 1 aromatic rings. The highest BCUT2D eigenvalue weighted by Gasteiger charge is 2.10. The number of nitrogens with zero attached hydrogens (tertiary/aromatic N) is 1. The van der Waals surface area contributed by atoms with Gasteiger partial charge >= 0.3 is 5.97 Å². The molecule has 1 atom stereocenters. The Morgan fingerprint density at radius 2 is 2.00 bits per heavy atom. The first kappa shape index (κ1) is 14.7. The monoisotopic (exact) mass is 261 g/mol. The van der Waals surface area contributed by atoms with Crippen LogP contribution in [0.15, 0.2) is 24.3 Å². The van der Waals surface area contributed by atoms with Crippen LogP contribution in [-0.4, -0.2) is 29.6 Å². The van der Waals surface area contributed by atoms with Gasteiger partial charge in [0.25, 0.3) is 0 Å². The molecular formula is C13H15N3O3. The fourth-order valence-electron chi connectivity index (χ4n) is 1.34. The summed E-state index contributed by atoms with van der Waals surface area (Å²) in [6.45, 7) is 1.80. The van der Waals surface area contributed by atoms with E-state index in [1.165, 1.54) is 6.92 Å². The maximum Gasteiger partial charge on any atom is 0.320 e. The Bertz CT molecular complexity index is 491. The minimum absolute atomic E-state index is 0.178. The van der Waals surface area contributed by atoms with Gasteiger partial charge in [0, 0.05) is 18.7 Å². The molecule has 0 spiro atoms. The first-order chi connectivity index (χ1) is 9.02. The Kier molecular flexibility index (Phi) is 5.51. The number of carboxylic acid groups (broad SMARTS) is 1. The van der Waals surface area contributed by atoms with Gasteiger partial charge in [-0.2, -0.15) is 5.26 Å². The second kappa shape index (κ2) is 7.13. The number of aliphatic carboxylic acids is 1. The van der Waals surface area contributed by atoms with E-state index in [-0.39, 0.29) is 18.9 Å². The van der Waals surface area contributed by atoms with Gasteiger partial charge in [0.2, 0.25) is 5.91 Å². The molecule has 0 fully saturated rings. The van der Waals surface area contributed by atoms with E-state index in [9.17, 15) is 9.59 Å². The average Bonchev–Trinajstić information content (AvgIpc) is 2.39. The van der Waals surface area contributed by atoms with Gasteiger partial charge < -0.3 is 15.7 Å². The summed E-state index contributed by atoms with van der Waals surface area (Å²) in [5.41, 5.74) is 1.13. The molecule has 1 amide bonds. The zero-order chi connectivity index (χ0) is 14.3. The molecule has 0 aliphatic carbocycles. The Morgan fingerprint density at radius 3 is 2.53 bits per heavy atom. The van der Waals surface area contributed by atoms with Crippen molar-refractivity contribution in [2.24, 2.45) is 0 Å². The first-order valence-electron chi connectivity index (χ1n) is 5.79. The van der Waals surface area contributed by atoms with Gasteiger partial charge in [-0.1, -0.05) is 0 Å². The molecule has 0 aromatic heterocycles. The van der Waals surface area contributed by atoms with Gasteiger partial charge in [0.1, 0.15) is 6.04 Å². The number of carboxylic acids is 1. The van der Waals surface area contributed by atoms with Crippen molar-refractivity contribution >= 4 is 17.6 Å². The lowest BCUT2D eigenvalue weighted by Gasteiger charge is -2.09. The Hall–Kier alpha value is -2.39. The average molecular weight is 261 g/mol. The van der Waals surface area contributed by atoms with Crippen molar-refractivity contribution in [3.05, 3.63) is 29.8 Å². The van der Waals surface area contributed by atoms with E-state index >= 15 is 0 Å². The number of benzene rings is 1. The molecular weight excluding hydrogens is 246 g/mol. The molecule has 100 valence electrons. The first-order valence-corrected chi connectivity index (χ1v) is 5.79. The number of nitrogens with one attached hydrogen (secondary N) is 2. The minimum atomic E-state index is -0.951. The minimum Gasteiger partial charge on any atom is -0.480 e. The molecule has 19 heavy (non-hydrogen) atoms. The Morgan fingerprint density at radius 1 is 1.37 bits per heavy atom. The Balaban J connectivity index is 2.35. The van der Waals surface area contributed by atoms with Crippen molar-refractivity contribution in [2.75, 3.05) is 11.9 Å².